The first kappa shape index (κ1) is 17.3. The molecule has 1 atom stereocenters. The Morgan fingerprint density at radius 1 is 1.58 bits per heavy atom. The molecular weight excluding hydrogens is 351 g/mol. The van der Waals surface area contributed by atoms with E-state index in [0.717, 1.165) is 10.9 Å². The summed E-state index contributed by atoms with van der Waals surface area (Å²) in [6.45, 7) is 2.18. The van der Waals surface area contributed by atoms with Crippen LogP contribution in [0, 0.1) is 0 Å². The average molecular weight is 365 g/mol. The molecule has 1 aromatic heterocycles. The topological polar surface area (TPSA) is 70.4 Å². The largest absolute Gasteiger partial charge is 0.415 e. The van der Waals surface area contributed by atoms with Crippen LogP contribution in [-0.2, 0) is 33.2 Å². The molecule has 110 valence electrons. The zero-order valence-electron chi connectivity index (χ0n) is 10.8. The van der Waals surface area contributed by atoms with Gasteiger partial charge in [0.15, 0.2) is 14.9 Å². The summed E-state index contributed by atoms with van der Waals surface area (Å²) in [6.07, 6.45) is 2.80. The van der Waals surface area contributed by atoms with Crippen molar-refractivity contribution in [2.24, 2.45) is 7.05 Å². The van der Waals surface area contributed by atoms with Crippen molar-refractivity contribution in [3.63, 3.8) is 0 Å². The lowest BCUT2D eigenvalue weighted by Gasteiger charge is -2.18. The molecule has 0 N–H and O–H groups in total. The molecule has 0 aromatic carbocycles. The van der Waals surface area contributed by atoms with Gasteiger partial charge in [0.25, 0.3) is 11.6 Å². The van der Waals surface area contributed by atoms with E-state index >= 15 is 0 Å². The van der Waals surface area contributed by atoms with Gasteiger partial charge in [0.05, 0.1) is 6.61 Å². The Balaban J connectivity index is 3.22. The minimum atomic E-state index is -3.50. The van der Waals surface area contributed by atoms with Gasteiger partial charge in [-0.3, -0.25) is 4.68 Å². The van der Waals surface area contributed by atoms with Gasteiger partial charge in [0, 0.05) is 13.3 Å². The number of halogens is 1. The predicted molar refractivity (Wildman–Crippen MR) is 81.4 cm³/mol. The quantitative estimate of drug-likeness (QED) is 0.718. The van der Waals surface area contributed by atoms with Crippen LogP contribution in [0.4, 0.5) is 0 Å². The van der Waals surface area contributed by atoms with E-state index in [1.54, 1.807) is 13.2 Å². The highest BCUT2D eigenvalue weighted by atomic mass is 35.5. The fourth-order valence-electron chi connectivity index (χ4n) is 1.30. The molecule has 0 amide bonds. The van der Waals surface area contributed by atoms with Gasteiger partial charge < -0.3 is 9.05 Å². The third-order valence-corrected chi connectivity index (χ3v) is 8.78. The summed E-state index contributed by atoms with van der Waals surface area (Å²) < 4.78 is 35.2. The zero-order valence-corrected chi connectivity index (χ0v) is 14.9. The highest BCUT2D eigenvalue weighted by Crippen LogP contribution is 2.59. The second kappa shape index (κ2) is 6.32. The lowest BCUT2D eigenvalue weighted by atomic mass is 10.7. The maximum Gasteiger partial charge on any atom is 0.298 e. The van der Waals surface area contributed by atoms with Gasteiger partial charge in [-0.2, -0.15) is 0 Å². The number of hydrogen-bond acceptors (Lipinski definition) is 7. The van der Waals surface area contributed by atoms with E-state index in [1.165, 1.54) is 18.4 Å². The summed E-state index contributed by atoms with van der Waals surface area (Å²) in [7, 11) is -2.03. The maximum atomic E-state index is 11.6. The lowest BCUT2D eigenvalue weighted by Crippen LogP contribution is -2.05. The Morgan fingerprint density at radius 2 is 2.16 bits per heavy atom. The van der Waals surface area contributed by atoms with Crippen LogP contribution < -0.4 is 4.52 Å². The fraction of sp³-hybridized carbons (Fsp3) is 0.625. The molecule has 11 heteroatoms. The molecule has 0 saturated heterocycles. The molecule has 0 aliphatic heterocycles. The van der Waals surface area contributed by atoms with E-state index in [2.05, 4.69) is 5.10 Å². The predicted octanol–water partition coefficient (Wildman–Crippen LogP) is 2.48. The van der Waals surface area contributed by atoms with E-state index in [-0.39, 0.29) is 15.9 Å². The SMILES string of the molecule is CCOP(=S)(Oc1nn(C)c(S(C)(=O)=O)c1Cl)SC. The third kappa shape index (κ3) is 4.09. The highest BCUT2D eigenvalue weighted by Gasteiger charge is 2.28. The van der Waals surface area contributed by atoms with Crippen molar-refractivity contribution >= 4 is 50.3 Å². The molecule has 1 heterocycles. The van der Waals surface area contributed by atoms with Crippen molar-refractivity contribution in [3.05, 3.63) is 5.02 Å². The number of rotatable bonds is 6. The first-order valence-corrected chi connectivity index (χ1v) is 11.8. The number of sulfone groups is 1. The molecular formula is C8H14ClN2O4PS3. The highest BCUT2D eigenvalue weighted by molar-refractivity contribution is 8.67. The van der Waals surface area contributed by atoms with Crippen LogP contribution in [0.5, 0.6) is 5.88 Å². The fourth-order valence-corrected chi connectivity index (χ4v) is 5.39. The smallest absolute Gasteiger partial charge is 0.298 e. The van der Waals surface area contributed by atoms with E-state index < -0.39 is 15.5 Å². The van der Waals surface area contributed by atoms with E-state index in [0.29, 0.717) is 6.61 Å². The number of nitrogens with zero attached hydrogens (tertiary/aromatic N) is 2. The molecule has 19 heavy (non-hydrogen) atoms. The van der Waals surface area contributed by atoms with Gasteiger partial charge in [0.1, 0.15) is 5.02 Å². The van der Waals surface area contributed by atoms with Crippen molar-refractivity contribution in [3.8, 4) is 5.88 Å². The maximum absolute atomic E-state index is 11.6. The molecule has 6 nitrogen and oxygen atoms in total. The van der Waals surface area contributed by atoms with Crippen molar-refractivity contribution in [1.82, 2.24) is 9.78 Å². The first-order valence-electron chi connectivity index (χ1n) is 5.07. The monoisotopic (exact) mass is 364 g/mol. The minimum Gasteiger partial charge on any atom is -0.415 e. The van der Waals surface area contributed by atoms with Crippen LogP contribution in [0.3, 0.4) is 0 Å². The van der Waals surface area contributed by atoms with E-state index in [1.807, 2.05) is 0 Å². The number of hydrogen-bond donors (Lipinski definition) is 0. The lowest BCUT2D eigenvalue weighted by molar-refractivity contribution is 0.341. The summed E-state index contributed by atoms with van der Waals surface area (Å²) in [4.78, 5) is 0. The van der Waals surface area contributed by atoms with Crippen molar-refractivity contribution in [2.75, 3.05) is 19.1 Å². The van der Waals surface area contributed by atoms with Crippen LogP contribution in [0.25, 0.3) is 0 Å². The summed E-state index contributed by atoms with van der Waals surface area (Å²) in [5.41, 5.74) is -2.61. The second-order valence-electron chi connectivity index (χ2n) is 3.46. The summed E-state index contributed by atoms with van der Waals surface area (Å²) in [5, 5.41) is 3.76. The van der Waals surface area contributed by atoms with Crippen LogP contribution >= 0.6 is 28.7 Å². The second-order valence-corrected chi connectivity index (χ2v) is 12.1. The summed E-state index contributed by atoms with van der Waals surface area (Å²) in [6, 6.07) is 0. The first-order chi connectivity index (χ1) is 8.64. The van der Waals surface area contributed by atoms with Crippen molar-refractivity contribution in [2.45, 2.75) is 11.9 Å². The summed E-state index contributed by atoms with van der Waals surface area (Å²) in [5.74, 6) is -0.0178. The molecule has 0 aliphatic carbocycles. The van der Waals surface area contributed by atoms with E-state index in [9.17, 15) is 8.42 Å². The Hall–Kier alpha value is 0.210. The molecule has 0 fully saturated rings. The van der Waals surface area contributed by atoms with Gasteiger partial charge in [-0.25, -0.2) is 8.42 Å². The van der Waals surface area contributed by atoms with Crippen LogP contribution in [-0.4, -0.2) is 37.3 Å². The van der Waals surface area contributed by atoms with Gasteiger partial charge in [-0.05, 0) is 25.0 Å². The standard InChI is InChI=1S/C8H14ClN2O4PS3/c1-5-14-16(17,18-3)15-7-6(9)8(11(2)10-7)19(4,12)13/h5H2,1-4H3. The molecule has 1 rings (SSSR count). The van der Waals surface area contributed by atoms with Gasteiger partial charge in [-0.15, -0.1) is 5.10 Å². The summed E-state index contributed by atoms with van der Waals surface area (Å²) >= 11 is 12.5. The third-order valence-electron chi connectivity index (χ3n) is 1.97. The molecule has 0 spiro atoms. The van der Waals surface area contributed by atoms with Gasteiger partial charge >= 0.3 is 0 Å². The Kier molecular flexibility index (Phi) is 5.74. The number of aryl methyl sites for hydroxylation is 1. The molecule has 0 bridgehead atoms. The van der Waals surface area contributed by atoms with Crippen molar-refractivity contribution in [1.29, 1.82) is 0 Å². The van der Waals surface area contributed by atoms with E-state index in [4.69, 9.17) is 32.5 Å². The van der Waals surface area contributed by atoms with Crippen LogP contribution in [0.2, 0.25) is 5.02 Å². The molecule has 1 unspecified atom stereocenters. The normalized spacial score (nSPS) is 15.2. The van der Waals surface area contributed by atoms with Crippen LogP contribution in [0.1, 0.15) is 6.92 Å². The minimum absolute atomic E-state index is 0.0178. The van der Waals surface area contributed by atoms with Crippen molar-refractivity contribution < 1.29 is 17.5 Å². The Labute approximate surface area is 126 Å². The number of aromatic nitrogens is 2. The molecule has 1 aromatic rings. The average Bonchev–Trinajstić information content (AvgIpc) is 2.53. The van der Waals surface area contributed by atoms with Crippen LogP contribution in [0.15, 0.2) is 5.03 Å². The molecule has 0 aliphatic rings. The van der Waals surface area contributed by atoms with Gasteiger partial charge in [-0.1, -0.05) is 23.0 Å². The zero-order chi connectivity index (χ0) is 14.8. The Bertz CT molecular complexity index is 616. The molecule has 0 radical (unpaired) electrons. The van der Waals surface area contributed by atoms with Gasteiger partial charge in [0.2, 0.25) is 0 Å². The molecule has 0 saturated carbocycles. The Morgan fingerprint density at radius 3 is 2.53 bits per heavy atom.